The van der Waals surface area contributed by atoms with E-state index >= 15 is 0 Å². The zero-order valence-corrected chi connectivity index (χ0v) is 15.5. The van der Waals surface area contributed by atoms with Crippen LogP contribution in [-0.2, 0) is 4.74 Å². The predicted octanol–water partition coefficient (Wildman–Crippen LogP) is 2.60. The van der Waals surface area contributed by atoms with E-state index in [1.807, 2.05) is 30.3 Å². The van der Waals surface area contributed by atoms with Crippen molar-refractivity contribution < 1.29 is 13.9 Å². The molecule has 0 spiro atoms. The van der Waals surface area contributed by atoms with Crippen molar-refractivity contribution in [1.29, 1.82) is 0 Å². The minimum Gasteiger partial charge on any atom is -0.422 e. The van der Waals surface area contributed by atoms with E-state index < -0.39 is 11.5 Å². The quantitative estimate of drug-likeness (QED) is 0.691. The van der Waals surface area contributed by atoms with Crippen molar-refractivity contribution in [2.75, 3.05) is 32.8 Å². The van der Waals surface area contributed by atoms with Crippen molar-refractivity contribution in [1.82, 2.24) is 10.2 Å². The third-order valence-electron chi connectivity index (χ3n) is 5.01. The Morgan fingerprint density at radius 1 is 1.04 bits per heavy atom. The van der Waals surface area contributed by atoms with Crippen LogP contribution in [0.3, 0.4) is 0 Å². The minimum atomic E-state index is -0.626. The number of hydrogen-bond donors (Lipinski definition) is 1. The van der Waals surface area contributed by atoms with Gasteiger partial charge in [-0.2, -0.15) is 0 Å². The average Bonchev–Trinajstić information content (AvgIpc) is 2.75. The molecule has 0 radical (unpaired) electrons. The summed E-state index contributed by atoms with van der Waals surface area (Å²) in [5, 5.41) is 3.64. The summed E-state index contributed by atoms with van der Waals surface area (Å²) in [5.74, 6) is -0.423. The van der Waals surface area contributed by atoms with Crippen LogP contribution in [0.2, 0.25) is 0 Å². The first-order chi connectivity index (χ1) is 13.7. The third kappa shape index (κ3) is 3.98. The molecule has 1 amide bonds. The zero-order chi connectivity index (χ0) is 19.3. The fraction of sp³-hybridized carbons (Fsp3) is 0.273. The third-order valence-corrected chi connectivity index (χ3v) is 5.01. The van der Waals surface area contributed by atoms with Crippen LogP contribution in [-0.4, -0.2) is 43.7 Å². The number of fused-ring (bicyclic) bond motifs is 1. The predicted molar refractivity (Wildman–Crippen MR) is 106 cm³/mol. The van der Waals surface area contributed by atoms with Crippen molar-refractivity contribution >= 4 is 16.9 Å². The summed E-state index contributed by atoms with van der Waals surface area (Å²) in [4.78, 5) is 27.2. The molecule has 0 saturated carbocycles. The minimum absolute atomic E-state index is 0.0153. The second kappa shape index (κ2) is 8.37. The van der Waals surface area contributed by atoms with Gasteiger partial charge in [0.25, 0.3) is 5.91 Å². The number of para-hydroxylation sites is 1. The van der Waals surface area contributed by atoms with E-state index in [4.69, 9.17) is 9.15 Å². The van der Waals surface area contributed by atoms with Crippen LogP contribution in [0.5, 0.6) is 0 Å². The topological polar surface area (TPSA) is 71.8 Å². The van der Waals surface area contributed by atoms with E-state index in [1.165, 1.54) is 0 Å². The molecule has 0 unspecified atom stereocenters. The number of morpholine rings is 1. The molecule has 1 aliphatic heterocycles. The molecule has 4 rings (SSSR count). The molecular weight excluding hydrogens is 356 g/mol. The molecule has 1 saturated heterocycles. The number of nitrogens with one attached hydrogen (secondary N) is 1. The lowest BCUT2D eigenvalue weighted by Gasteiger charge is -2.34. The smallest absolute Gasteiger partial charge is 0.349 e. The molecule has 1 aromatic heterocycles. The van der Waals surface area contributed by atoms with Gasteiger partial charge in [-0.05, 0) is 17.7 Å². The molecule has 1 atom stereocenters. The van der Waals surface area contributed by atoms with Crippen LogP contribution in [0.15, 0.2) is 69.9 Å². The lowest BCUT2D eigenvalue weighted by molar-refractivity contribution is 0.0162. The van der Waals surface area contributed by atoms with Gasteiger partial charge in [0.05, 0.1) is 19.3 Å². The first kappa shape index (κ1) is 18.4. The normalized spacial score (nSPS) is 16.0. The van der Waals surface area contributed by atoms with Crippen LogP contribution in [0.4, 0.5) is 0 Å². The Bertz CT molecular complexity index is 1010. The summed E-state index contributed by atoms with van der Waals surface area (Å²) in [5.41, 5.74) is 0.987. The summed E-state index contributed by atoms with van der Waals surface area (Å²) in [6.45, 7) is 3.34. The van der Waals surface area contributed by atoms with Gasteiger partial charge in [-0.25, -0.2) is 4.79 Å². The molecule has 1 N–H and O–H groups in total. The van der Waals surface area contributed by atoms with E-state index in [0.717, 1.165) is 24.0 Å². The van der Waals surface area contributed by atoms with E-state index in [1.54, 1.807) is 18.2 Å². The highest BCUT2D eigenvalue weighted by Crippen LogP contribution is 2.21. The number of hydrogen-bond acceptors (Lipinski definition) is 5. The van der Waals surface area contributed by atoms with Gasteiger partial charge in [-0.15, -0.1) is 0 Å². The number of rotatable bonds is 5. The van der Waals surface area contributed by atoms with Crippen LogP contribution >= 0.6 is 0 Å². The lowest BCUT2D eigenvalue weighted by atomic mass is 10.0. The molecule has 1 aliphatic rings. The number of ether oxygens (including phenoxy) is 1. The number of carbonyl (C=O) groups is 1. The highest BCUT2D eigenvalue weighted by molar-refractivity contribution is 5.96. The van der Waals surface area contributed by atoms with Gasteiger partial charge >= 0.3 is 5.63 Å². The Morgan fingerprint density at radius 3 is 2.54 bits per heavy atom. The number of benzene rings is 2. The molecule has 1 fully saturated rings. The maximum atomic E-state index is 12.7. The molecule has 6 nitrogen and oxygen atoms in total. The standard InChI is InChI=1S/C22H22N2O4/c25-21(18-14-17-8-4-5-9-20(17)28-22(18)26)23-15-19(16-6-2-1-3-7-16)24-10-12-27-13-11-24/h1-9,14,19H,10-13,15H2,(H,23,25)/t19-/m0/s1. The van der Waals surface area contributed by atoms with Gasteiger partial charge in [0.1, 0.15) is 11.1 Å². The van der Waals surface area contributed by atoms with Crippen molar-refractivity contribution in [2.24, 2.45) is 0 Å². The largest absolute Gasteiger partial charge is 0.422 e. The van der Waals surface area contributed by atoms with E-state index in [2.05, 4.69) is 22.3 Å². The average molecular weight is 378 g/mol. The summed E-state index contributed by atoms with van der Waals surface area (Å²) in [6, 6.07) is 18.8. The maximum Gasteiger partial charge on any atom is 0.349 e. The van der Waals surface area contributed by atoms with Crippen LogP contribution in [0, 0.1) is 0 Å². The SMILES string of the molecule is O=C(NC[C@@H](c1ccccc1)N1CCOCC1)c1cc2ccccc2oc1=O. The van der Waals surface area contributed by atoms with E-state index in [0.29, 0.717) is 25.3 Å². The van der Waals surface area contributed by atoms with E-state index in [-0.39, 0.29) is 11.6 Å². The highest BCUT2D eigenvalue weighted by atomic mass is 16.5. The second-order valence-corrected chi connectivity index (χ2v) is 6.77. The van der Waals surface area contributed by atoms with Gasteiger partial charge in [-0.3, -0.25) is 9.69 Å². The molecule has 2 aromatic carbocycles. The number of amides is 1. The van der Waals surface area contributed by atoms with Gasteiger partial charge < -0.3 is 14.5 Å². The monoisotopic (exact) mass is 378 g/mol. The van der Waals surface area contributed by atoms with Crippen LogP contribution in [0.25, 0.3) is 11.0 Å². The Morgan fingerprint density at radius 2 is 1.75 bits per heavy atom. The van der Waals surface area contributed by atoms with Gasteiger partial charge in [0.2, 0.25) is 0 Å². The maximum absolute atomic E-state index is 12.7. The molecule has 2 heterocycles. The molecular formula is C22H22N2O4. The molecule has 3 aromatic rings. The van der Waals surface area contributed by atoms with Crippen molar-refractivity contribution in [3.63, 3.8) is 0 Å². The van der Waals surface area contributed by atoms with Crippen LogP contribution < -0.4 is 10.9 Å². The Balaban J connectivity index is 1.54. The van der Waals surface area contributed by atoms with Gasteiger partial charge in [0.15, 0.2) is 0 Å². The number of nitrogens with zero attached hydrogens (tertiary/aromatic N) is 1. The molecule has 28 heavy (non-hydrogen) atoms. The van der Waals surface area contributed by atoms with E-state index in [9.17, 15) is 9.59 Å². The Kier molecular flexibility index (Phi) is 5.50. The van der Waals surface area contributed by atoms with Gasteiger partial charge in [0, 0.05) is 25.0 Å². The zero-order valence-electron chi connectivity index (χ0n) is 15.5. The Labute approximate surface area is 162 Å². The molecule has 144 valence electrons. The van der Waals surface area contributed by atoms with Gasteiger partial charge in [-0.1, -0.05) is 48.5 Å². The van der Waals surface area contributed by atoms with Crippen LogP contribution in [0.1, 0.15) is 22.0 Å². The molecule has 6 heteroatoms. The first-order valence-corrected chi connectivity index (χ1v) is 9.40. The summed E-state index contributed by atoms with van der Waals surface area (Å²) >= 11 is 0. The Hall–Kier alpha value is -2.96. The summed E-state index contributed by atoms with van der Waals surface area (Å²) < 4.78 is 10.7. The summed E-state index contributed by atoms with van der Waals surface area (Å²) in [6.07, 6.45) is 0. The van der Waals surface area contributed by atoms with Crippen molar-refractivity contribution in [3.8, 4) is 0 Å². The molecule has 0 bridgehead atoms. The molecule has 0 aliphatic carbocycles. The highest BCUT2D eigenvalue weighted by Gasteiger charge is 2.24. The fourth-order valence-corrected chi connectivity index (χ4v) is 3.53. The fourth-order valence-electron chi connectivity index (χ4n) is 3.53. The van der Waals surface area contributed by atoms with Crippen molar-refractivity contribution in [3.05, 3.63) is 82.2 Å². The van der Waals surface area contributed by atoms with Crippen molar-refractivity contribution in [2.45, 2.75) is 6.04 Å². The lowest BCUT2D eigenvalue weighted by Crippen LogP contribution is -2.44. The first-order valence-electron chi connectivity index (χ1n) is 9.40. The second-order valence-electron chi connectivity index (χ2n) is 6.77. The summed E-state index contributed by atoms with van der Waals surface area (Å²) in [7, 11) is 0. The number of carbonyl (C=O) groups excluding carboxylic acids is 1.